The van der Waals surface area contributed by atoms with Crippen LogP contribution in [0.25, 0.3) is 0 Å². The quantitative estimate of drug-likeness (QED) is 0.328. The highest BCUT2D eigenvalue weighted by Gasteiger charge is 2.63. The Labute approximate surface area is 191 Å². The molecule has 2 aromatic rings. The molecule has 168 valence electrons. The van der Waals surface area contributed by atoms with E-state index in [1.54, 1.807) is 18.0 Å². The Morgan fingerprint density at radius 2 is 2.03 bits per heavy atom. The fourth-order valence-corrected chi connectivity index (χ4v) is 6.88. The highest BCUT2D eigenvalue weighted by Crippen LogP contribution is 2.66. The molecule has 2 fully saturated rings. The fraction of sp³-hybridized carbons (Fsp3) is 0.615. The second kappa shape index (κ2) is 9.01. The van der Waals surface area contributed by atoms with Crippen LogP contribution in [-0.2, 0) is 9.53 Å². The molecule has 5 heteroatoms. The van der Waals surface area contributed by atoms with Crippen LogP contribution in [0.5, 0.6) is 0 Å². The second-order valence-electron chi connectivity index (χ2n) is 10.1. The summed E-state index contributed by atoms with van der Waals surface area (Å²) in [5.74, 6) is 0.586. The minimum absolute atomic E-state index is 0.0248. The predicted molar refractivity (Wildman–Crippen MR) is 126 cm³/mol. The summed E-state index contributed by atoms with van der Waals surface area (Å²) in [6, 6.07) is 10.3. The Balaban J connectivity index is 1.53. The lowest BCUT2D eigenvalue weighted by Crippen LogP contribution is -2.40. The van der Waals surface area contributed by atoms with Crippen molar-refractivity contribution in [2.24, 2.45) is 16.7 Å². The number of hydrogen-bond acceptors (Lipinski definition) is 4. The average molecular weight is 441 g/mol. The summed E-state index contributed by atoms with van der Waals surface area (Å²) in [6.45, 7) is 9.26. The van der Waals surface area contributed by atoms with Crippen LogP contribution in [0.4, 0.5) is 0 Å². The Morgan fingerprint density at radius 3 is 2.61 bits per heavy atom. The molecule has 2 aliphatic carbocycles. The topological polar surface area (TPSA) is 44.1 Å². The zero-order chi connectivity index (χ0) is 22.1. The van der Waals surface area contributed by atoms with Crippen molar-refractivity contribution in [1.82, 2.24) is 9.55 Å². The summed E-state index contributed by atoms with van der Waals surface area (Å²) < 4.78 is 8.56. The zero-order valence-electron chi connectivity index (χ0n) is 19.3. The van der Waals surface area contributed by atoms with Crippen LogP contribution >= 0.6 is 11.8 Å². The van der Waals surface area contributed by atoms with E-state index in [1.165, 1.54) is 6.42 Å². The zero-order valence-corrected chi connectivity index (χ0v) is 20.1. The normalized spacial score (nSPS) is 28.4. The molecule has 31 heavy (non-hydrogen) atoms. The van der Waals surface area contributed by atoms with Gasteiger partial charge in [-0.1, -0.05) is 51.9 Å². The smallest absolute Gasteiger partial charge is 0.319 e. The Bertz CT molecular complexity index is 867. The highest BCUT2D eigenvalue weighted by molar-refractivity contribution is 8.00. The van der Waals surface area contributed by atoms with Crippen molar-refractivity contribution in [1.29, 1.82) is 0 Å². The van der Waals surface area contributed by atoms with Crippen LogP contribution in [0.3, 0.4) is 0 Å². The van der Waals surface area contributed by atoms with Gasteiger partial charge in [0.05, 0.1) is 5.03 Å². The van der Waals surface area contributed by atoms with Gasteiger partial charge in [0, 0.05) is 30.0 Å². The molecule has 5 atom stereocenters. The number of pyridine rings is 1. The van der Waals surface area contributed by atoms with Crippen LogP contribution in [-0.4, -0.2) is 26.9 Å². The van der Waals surface area contributed by atoms with Crippen LogP contribution in [0, 0.1) is 16.7 Å². The molecule has 2 aromatic heterocycles. The van der Waals surface area contributed by atoms with Crippen molar-refractivity contribution in [2.45, 2.75) is 88.6 Å². The number of fused-ring (bicyclic) bond motifs is 2. The van der Waals surface area contributed by atoms with E-state index in [2.05, 4.69) is 61.8 Å². The van der Waals surface area contributed by atoms with Crippen molar-refractivity contribution in [3.63, 3.8) is 0 Å². The molecular weight excluding hydrogens is 404 g/mol. The molecule has 2 aliphatic rings. The van der Waals surface area contributed by atoms with Gasteiger partial charge in [0.1, 0.15) is 11.4 Å². The standard InChI is InChI=1S/C26H36N2O2S/c1-5-10-20(28-15-8-9-16-28)18-21(31-23-11-6-7-14-27-23)24(29)30-22-17-19-12-13-26(22,4)25(19,2)3/h6-9,11,14-16,19-22H,5,10,12-13,17-18H2,1-4H3/t19-,20+,21+,22+,26+/m0/s1. The van der Waals surface area contributed by atoms with Gasteiger partial charge in [-0.15, -0.1) is 0 Å². The van der Waals surface area contributed by atoms with Crippen molar-refractivity contribution < 1.29 is 9.53 Å². The summed E-state index contributed by atoms with van der Waals surface area (Å²) in [4.78, 5) is 18.0. The molecule has 2 heterocycles. The maximum Gasteiger partial charge on any atom is 0.319 e. The van der Waals surface area contributed by atoms with Gasteiger partial charge in [-0.3, -0.25) is 4.79 Å². The summed E-state index contributed by atoms with van der Waals surface area (Å²) >= 11 is 1.55. The minimum Gasteiger partial charge on any atom is -0.461 e. The van der Waals surface area contributed by atoms with E-state index >= 15 is 0 Å². The molecule has 4 nitrogen and oxygen atoms in total. The van der Waals surface area contributed by atoms with Crippen LogP contribution in [0.2, 0.25) is 0 Å². The highest BCUT2D eigenvalue weighted by atomic mass is 32.2. The Kier molecular flexibility index (Phi) is 6.52. The molecule has 0 spiro atoms. The van der Waals surface area contributed by atoms with E-state index < -0.39 is 0 Å². The van der Waals surface area contributed by atoms with Gasteiger partial charge >= 0.3 is 5.97 Å². The first-order valence-electron chi connectivity index (χ1n) is 11.8. The van der Waals surface area contributed by atoms with E-state index in [0.29, 0.717) is 5.92 Å². The second-order valence-corrected chi connectivity index (χ2v) is 11.3. The predicted octanol–water partition coefficient (Wildman–Crippen LogP) is 6.53. The third kappa shape index (κ3) is 4.30. The van der Waals surface area contributed by atoms with Gasteiger partial charge < -0.3 is 9.30 Å². The maximum atomic E-state index is 13.6. The number of rotatable bonds is 9. The SMILES string of the molecule is CCC[C@H](C[C@@H](Sc1ccccn1)C(=O)O[C@@H]1C[C@@H]2CC[C@@]1(C)C2(C)C)n1cccc1. The van der Waals surface area contributed by atoms with Crippen molar-refractivity contribution in [3.8, 4) is 0 Å². The summed E-state index contributed by atoms with van der Waals surface area (Å²) in [6.07, 6.45) is 12.3. The number of hydrogen-bond donors (Lipinski definition) is 0. The first-order valence-corrected chi connectivity index (χ1v) is 12.6. The van der Waals surface area contributed by atoms with Gasteiger partial charge in [-0.2, -0.15) is 0 Å². The van der Waals surface area contributed by atoms with E-state index in [9.17, 15) is 4.79 Å². The number of aromatic nitrogens is 2. The number of esters is 1. The molecule has 4 rings (SSSR count). The lowest BCUT2D eigenvalue weighted by atomic mass is 9.70. The monoisotopic (exact) mass is 440 g/mol. The van der Waals surface area contributed by atoms with Gasteiger partial charge in [0.25, 0.3) is 0 Å². The molecule has 0 amide bonds. The summed E-state index contributed by atoms with van der Waals surface area (Å²) in [7, 11) is 0. The number of nitrogens with zero attached hydrogens (tertiary/aromatic N) is 2. The Hall–Kier alpha value is -1.75. The molecule has 0 saturated heterocycles. The Morgan fingerprint density at radius 1 is 1.26 bits per heavy atom. The third-order valence-corrected chi connectivity index (χ3v) is 9.45. The molecule has 2 bridgehead atoms. The van der Waals surface area contributed by atoms with Gasteiger partial charge in [0.2, 0.25) is 0 Å². The van der Waals surface area contributed by atoms with Crippen LogP contribution in [0.15, 0.2) is 53.9 Å². The van der Waals surface area contributed by atoms with Crippen molar-refractivity contribution in [2.75, 3.05) is 0 Å². The van der Waals surface area contributed by atoms with E-state index in [0.717, 1.165) is 37.1 Å². The van der Waals surface area contributed by atoms with Gasteiger partial charge in [-0.05, 0) is 67.7 Å². The molecule has 2 saturated carbocycles. The first kappa shape index (κ1) is 22.4. The lowest BCUT2D eigenvalue weighted by Gasteiger charge is -2.39. The summed E-state index contributed by atoms with van der Waals surface area (Å²) in [5.41, 5.74) is 0.314. The number of ether oxygens (including phenoxy) is 1. The fourth-order valence-electron chi connectivity index (χ4n) is 5.84. The average Bonchev–Trinajstić information content (AvgIpc) is 3.40. The van der Waals surface area contributed by atoms with E-state index in [1.807, 2.05) is 18.2 Å². The van der Waals surface area contributed by atoms with Crippen molar-refractivity contribution >= 4 is 17.7 Å². The molecular formula is C26H36N2O2S. The van der Waals surface area contributed by atoms with Gasteiger partial charge in [0.15, 0.2) is 0 Å². The van der Waals surface area contributed by atoms with Gasteiger partial charge in [-0.25, -0.2) is 4.98 Å². The summed E-state index contributed by atoms with van der Waals surface area (Å²) in [5, 5.41) is 0.617. The number of carbonyl (C=O) groups excluding carboxylic acids is 1. The third-order valence-electron chi connectivity index (χ3n) is 8.29. The molecule has 0 aliphatic heterocycles. The number of thioether (sulfide) groups is 1. The molecule has 0 unspecified atom stereocenters. The minimum atomic E-state index is -0.264. The van der Waals surface area contributed by atoms with E-state index in [-0.39, 0.29) is 34.2 Å². The van der Waals surface area contributed by atoms with Crippen LogP contribution in [0.1, 0.15) is 72.3 Å². The first-order chi connectivity index (χ1) is 14.8. The maximum absolute atomic E-state index is 13.6. The van der Waals surface area contributed by atoms with Crippen LogP contribution < -0.4 is 0 Å². The largest absolute Gasteiger partial charge is 0.461 e. The lowest BCUT2D eigenvalue weighted by molar-refractivity contribution is -0.156. The molecule has 0 radical (unpaired) electrons. The van der Waals surface area contributed by atoms with Crippen molar-refractivity contribution in [3.05, 3.63) is 48.9 Å². The molecule has 0 N–H and O–H groups in total. The molecule has 0 aromatic carbocycles. The van der Waals surface area contributed by atoms with E-state index in [4.69, 9.17) is 4.74 Å². The number of carbonyl (C=O) groups is 1.